The van der Waals surface area contributed by atoms with E-state index in [1.165, 1.54) is 0 Å². The first kappa shape index (κ1) is 10.8. The first-order chi connectivity index (χ1) is 5.80. The molecule has 1 atom stereocenters. The highest BCUT2D eigenvalue weighted by Crippen LogP contribution is 2.39. The van der Waals surface area contributed by atoms with Gasteiger partial charge in [-0.25, -0.2) is 0 Å². The second kappa shape index (κ2) is 3.14. The van der Waals surface area contributed by atoms with E-state index in [2.05, 4.69) is 41.2 Å². The lowest BCUT2D eigenvalue weighted by Gasteiger charge is -2.32. The molecule has 0 unspecified atom stereocenters. The molecule has 0 aromatic carbocycles. The first-order valence-corrected chi connectivity index (χ1v) is 4.78. The second-order valence-electron chi connectivity index (χ2n) is 4.72. The molecule has 1 heterocycles. The Kier molecular flexibility index (Phi) is 2.61. The summed E-state index contributed by atoms with van der Waals surface area (Å²) in [7, 11) is -0.150. The number of rotatable bonds is 2. The maximum atomic E-state index is 5.82. The summed E-state index contributed by atoms with van der Waals surface area (Å²) < 4.78 is 11.6. The minimum absolute atomic E-state index is 0.150. The predicted molar refractivity (Wildman–Crippen MR) is 55.7 cm³/mol. The molecule has 0 aliphatic carbocycles. The van der Waals surface area contributed by atoms with Gasteiger partial charge in [-0.3, -0.25) is 0 Å². The number of hydrogen-bond acceptors (Lipinski definition) is 2. The molecular formula is C10H19BO2. The van der Waals surface area contributed by atoms with Crippen LogP contribution in [0.2, 0.25) is 5.82 Å². The molecule has 1 saturated heterocycles. The van der Waals surface area contributed by atoms with Gasteiger partial charge < -0.3 is 9.31 Å². The molecule has 0 radical (unpaired) electrons. The Labute approximate surface area is 81.4 Å². The molecule has 0 spiro atoms. The minimum Gasteiger partial charge on any atom is -0.403 e. The molecule has 2 nitrogen and oxygen atoms in total. The van der Waals surface area contributed by atoms with E-state index in [-0.39, 0.29) is 24.1 Å². The zero-order chi connectivity index (χ0) is 10.3. The van der Waals surface area contributed by atoms with Gasteiger partial charge in [0, 0.05) is 5.82 Å². The molecule has 0 aromatic rings. The van der Waals surface area contributed by atoms with E-state index in [4.69, 9.17) is 9.31 Å². The van der Waals surface area contributed by atoms with Crippen LogP contribution in [0.1, 0.15) is 34.6 Å². The Hall–Kier alpha value is -0.275. The van der Waals surface area contributed by atoms with Gasteiger partial charge in [0.2, 0.25) is 0 Å². The standard InChI is InChI=1S/C10H19BO2/c1-7-8(2)11-12-9(3,4)10(5,6)13-11/h7-8H,1H2,2-6H3/t8-/m1/s1. The maximum Gasteiger partial charge on any atom is 0.464 e. The highest BCUT2D eigenvalue weighted by molar-refractivity contribution is 6.48. The van der Waals surface area contributed by atoms with Crippen LogP contribution in [0.25, 0.3) is 0 Å². The lowest BCUT2D eigenvalue weighted by Crippen LogP contribution is -2.41. The van der Waals surface area contributed by atoms with Crippen LogP contribution in [0.3, 0.4) is 0 Å². The fourth-order valence-corrected chi connectivity index (χ4v) is 1.21. The van der Waals surface area contributed by atoms with Gasteiger partial charge in [0.1, 0.15) is 0 Å². The molecular weight excluding hydrogens is 163 g/mol. The fourth-order valence-electron chi connectivity index (χ4n) is 1.21. The zero-order valence-corrected chi connectivity index (χ0v) is 9.26. The van der Waals surface area contributed by atoms with Crippen molar-refractivity contribution in [1.82, 2.24) is 0 Å². The van der Waals surface area contributed by atoms with Crippen molar-refractivity contribution in [2.45, 2.75) is 51.6 Å². The summed E-state index contributed by atoms with van der Waals surface area (Å²) in [5.41, 5.74) is -0.454. The minimum atomic E-state index is -0.227. The molecule has 0 amide bonds. The molecule has 1 aliphatic heterocycles. The van der Waals surface area contributed by atoms with Crippen LogP contribution in [0.5, 0.6) is 0 Å². The van der Waals surface area contributed by atoms with Crippen molar-refractivity contribution in [1.29, 1.82) is 0 Å². The summed E-state index contributed by atoms with van der Waals surface area (Å²) >= 11 is 0. The Balaban J connectivity index is 2.76. The van der Waals surface area contributed by atoms with E-state index < -0.39 is 0 Å². The fraction of sp³-hybridized carbons (Fsp3) is 0.800. The third kappa shape index (κ3) is 1.81. The van der Waals surface area contributed by atoms with E-state index in [0.717, 1.165) is 0 Å². The van der Waals surface area contributed by atoms with Crippen LogP contribution in [-0.4, -0.2) is 18.3 Å². The highest BCUT2D eigenvalue weighted by Gasteiger charge is 2.52. The highest BCUT2D eigenvalue weighted by atomic mass is 16.7. The topological polar surface area (TPSA) is 18.5 Å². The molecule has 1 fully saturated rings. The summed E-state index contributed by atoms with van der Waals surface area (Å²) in [6.45, 7) is 14.0. The van der Waals surface area contributed by atoms with Crippen LogP contribution >= 0.6 is 0 Å². The van der Waals surface area contributed by atoms with Crippen molar-refractivity contribution in [3.63, 3.8) is 0 Å². The van der Waals surface area contributed by atoms with Gasteiger partial charge in [0.15, 0.2) is 0 Å². The smallest absolute Gasteiger partial charge is 0.403 e. The van der Waals surface area contributed by atoms with Gasteiger partial charge in [-0.1, -0.05) is 13.0 Å². The van der Waals surface area contributed by atoms with Crippen molar-refractivity contribution in [2.24, 2.45) is 0 Å². The van der Waals surface area contributed by atoms with E-state index in [9.17, 15) is 0 Å². The molecule has 0 aromatic heterocycles. The Morgan fingerprint density at radius 2 is 1.54 bits per heavy atom. The Morgan fingerprint density at radius 1 is 1.15 bits per heavy atom. The number of allylic oxidation sites excluding steroid dienone is 1. The quantitative estimate of drug-likeness (QED) is 0.482. The molecule has 3 heteroatoms. The predicted octanol–water partition coefficient (Wildman–Crippen LogP) is 2.65. The largest absolute Gasteiger partial charge is 0.464 e. The monoisotopic (exact) mass is 182 g/mol. The SMILES string of the molecule is C=C[C@@H](C)B1OC(C)(C)C(C)(C)O1. The van der Waals surface area contributed by atoms with Gasteiger partial charge in [0.25, 0.3) is 0 Å². The lowest BCUT2D eigenvalue weighted by molar-refractivity contribution is 0.00578. The van der Waals surface area contributed by atoms with Gasteiger partial charge in [0.05, 0.1) is 11.2 Å². The van der Waals surface area contributed by atoms with E-state index in [1.807, 2.05) is 6.08 Å². The summed E-state index contributed by atoms with van der Waals surface area (Å²) in [4.78, 5) is 0. The van der Waals surface area contributed by atoms with Gasteiger partial charge in [-0.15, -0.1) is 6.58 Å². The molecule has 74 valence electrons. The molecule has 13 heavy (non-hydrogen) atoms. The van der Waals surface area contributed by atoms with Crippen LogP contribution in [-0.2, 0) is 9.31 Å². The van der Waals surface area contributed by atoms with Crippen molar-refractivity contribution in [3.05, 3.63) is 12.7 Å². The van der Waals surface area contributed by atoms with Crippen LogP contribution < -0.4 is 0 Å². The van der Waals surface area contributed by atoms with Crippen molar-refractivity contribution in [2.75, 3.05) is 0 Å². The van der Waals surface area contributed by atoms with Crippen LogP contribution in [0, 0.1) is 0 Å². The van der Waals surface area contributed by atoms with E-state index in [0.29, 0.717) is 0 Å². The summed E-state index contributed by atoms with van der Waals surface area (Å²) in [5.74, 6) is 0.237. The van der Waals surface area contributed by atoms with E-state index in [1.54, 1.807) is 0 Å². The first-order valence-electron chi connectivity index (χ1n) is 4.78. The van der Waals surface area contributed by atoms with Gasteiger partial charge in [-0.2, -0.15) is 0 Å². The average molecular weight is 182 g/mol. The summed E-state index contributed by atoms with van der Waals surface area (Å²) in [6, 6.07) is 0. The Bertz CT molecular complexity index is 195. The summed E-state index contributed by atoms with van der Waals surface area (Å²) in [5, 5.41) is 0. The van der Waals surface area contributed by atoms with Gasteiger partial charge in [-0.05, 0) is 27.7 Å². The molecule has 1 aliphatic rings. The van der Waals surface area contributed by atoms with Crippen LogP contribution in [0.15, 0.2) is 12.7 Å². The normalized spacial score (nSPS) is 27.3. The van der Waals surface area contributed by atoms with Crippen molar-refractivity contribution >= 4 is 7.12 Å². The lowest BCUT2D eigenvalue weighted by atomic mass is 9.73. The van der Waals surface area contributed by atoms with Crippen molar-refractivity contribution in [3.8, 4) is 0 Å². The maximum absolute atomic E-state index is 5.82. The second-order valence-corrected chi connectivity index (χ2v) is 4.72. The van der Waals surface area contributed by atoms with E-state index >= 15 is 0 Å². The average Bonchev–Trinajstić information content (AvgIpc) is 2.20. The Morgan fingerprint density at radius 3 is 1.85 bits per heavy atom. The van der Waals surface area contributed by atoms with Gasteiger partial charge >= 0.3 is 7.12 Å². The molecule has 0 saturated carbocycles. The number of hydrogen-bond donors (Lipinski definition) is 0. The molecule has 0 N–H and O–H groups in total. The third-order valence-corrected chi connectivity index (χ3v) is 3.07. The third-order valence-electron chi connectivity index (χ3n) is 3.07. The van der Waals surface area contributed by atoms with Crippen molar-refractivity contribution < 1.29 is 9.31 Å². The summed E-state index contributed by atoms with van der Waals surface area (Å²) in [6.07, 6.45) is 1.86. The molecule has 1 rings (SSSR count). The molecule has 0 bridgehead atoms. The zero-order valence-electron chi connectivity index (χ0n) is 9.26. The van der Waals surface area contributed by atoms with Crippen LogP contribution in [0.4, 0.5) is 0 Å².